The number of anilines is 1. The number of fused-ring (bicyclic) bond motifs is 2. The summed E-state index contributed by atoms with van der Waals surface area (Å²) in [6, 6.07) is 15.3. The van der Waals surface area contributed by atoms with Crippen molar-refractivity contribution in [2.75, 3.05) is 5.32 Å². The van der Waals surface area contributed by atoms with Crippen LogP contribution in [0, 0.1) is 6.92 Å². The fourth-order valence-electron chi connectivity index (χ4n) is 4.28. The van der Waals surface area contributed by atoms with Crippen molar-refractivity contribution in [2.45, 2.75) is 12.8 Å². The summed E-state index contributed by atoms with van der Waals surface area (Å²) in [5, 5.41) is 3.27. The van der Waals surface area contributed by atoms with Gasteiger partial charge >= 0.3 is 5.69 Å². The molecule has 0 fully saturated rings. The number of amides is 1. The second-order valence-electron chi connectivity index (χ2n) is 7.72. The average Bonchev–Trinajstić information content (AvgIpc) is 3.28. The van der Waals surface area contributed by atoms with Gasteiger partial charge < -0.3 is 10.3 Å². The number of hydrogen-bond acceptors (Lipinski definition) is 3. The number of nitrogens with one attached hydrogen (secondary N) is 2. The molecule has 0 unspecified atom stereocenters. The Balaban J connectivity index is 1.94. The van der Waals surface area contributed by atoms with Crippen molar-refractivity contribution in [3.05, 3.63) is 86.1 Å². The SMILES string of the molecule is Cc1ccc(-c2[nH]c3c(c2[C@@H]2C(=O)Nc4ccccc42)c(=O)n(C)c(=O)n3C)cc1. The Morgan fingerprint density at radius 3 is 2.33 bits per heavy atom. The molecule has 2 aromatic carbocycles. The summed E-state index contributed by atoms with van der Waals surface area (Å²) >= 11 is 0. The van der Waals surface area contributed by atoms with Crippen LogP contribution in [0.5, 0.6) is 0 Å². The first-order valence-electron chi connectivity index (χ1n) is 9.67. The Morgan fingerprint density at radius 2 is 1.60 bits per heavy atom. The Labute approximate surface area is 171 Å². The molecule has 0 aliphatic carbocycles. The lowest BCUT2D eigenvalue weighted by molar-refractivity contribution is -0.116. The maximum absolute atomic E-state index is 13.2. The summed E-state index contributed by atoms with van der Waals surface area (Å²) in [6.45, 7) is 2.00. The minimum atomic E-state index is -0.656. The van der Waals surface area contributed by atoms with Gasteiger partial charge in [-0.1, -0.05) is 48.0 Å². The van der Waals surface area contributed by atoms with Crippen molar-refractivity contribution < 1.29 is 4.79 Å². The van der Waals surface area contributed by atoms with Crippen LogP contribution in [-0.2, 0) is 18.9 Å². The van der Waals surface area contributed by atoms with Gasteiger partial charge in [-0.15, -0.1) is 0 Å². The van der Waals surface area contributed by atoms with Gasteiger partial charge in [0.05, 0.1) is 17.0 Å². The van der Waals surface area contributed by atoms with Crippen LogP contribution in [0.3, 0.4) is 0 Å². The number of para-hydroxylation sites is 1. The number of H-pyrrole nitrogens is 1. The van der Waals surface area contributed by atoms with Crippen molar-refractivity contribution in [1.82, 2.24) is 14.1 Å². The summed E-state index contributed by atoms with van der Waals surface area (Å²) in [5.74, 6) is -0.849. The van der Waals surface area contributed by atoms with Gasteiger partial charge in [0, 0.05) is 25.3 Å². The van der Waals surface area contributed by atoms with Crippen LogP contribution in [0.15, 0.2) is 58.1 Å². The molecule has 1 atom stereocenters. The quantitative estimate of drug-likeness (QED) is 0.542. The van der Waals surface area contributed by atoms with Crippen molar-refractivity contribution in [3.63, 3.8) is 0 Å². The predicted molar refractivity (Wildman–Crippen MR) is 116 cm³/mol. The van der Waals surface area contributed by atoms with Crippen LogP contribution in [0.1, 0.15) is 22.6 Å². The lowest BCUT2D eigenvalue weighted by Gasteiger charge is -2.12. The Hall–Kier alpha value is -3.87. The maximum Gasteiger partial charge on any atom is 0.332 e. The van der Waals surface area contributed by atoms with E-state index in [9.17, 15) is 14.4 Å². The normalized spacial score (nSPS) is 15.4. The smallest absolute Gasteiger partial charge is 0.332 e. The van der Waals surface area contributed by atoms with Crippen molar-refractivity contribution in [1.29, 1.82) is 0 Å². The van der Waals surface area contributed by atoms with E-state index < -0.39 is 17.2 Å². The number of aromatic amines is 1. The molecule has 7 heteroatoms. The van der Waals surface area contributed by atoms with Gasteiger partial charge in [-0.2, -0.15) is 0 Å². The van der Waals surface area contributed by atoms with E-state index in [1.165, 1.54) is 11.6 Å². The minimum Gasteiger partial charge on any atom is -0.340 e. The molecule has 0 saturated carbocycles. The topological polar surface area (TPSA) is 88.9 Å². The van der Waals surface area contributed by atoms with Gasteiger partial charge in [-0.3, -0.25) is 18.7 Å². The molecule has 30 heavy (non-hydrogen) atoms. The largest absolute Gasteiger partial charge is 0.340 e. The molecule has 0 spiro atoms. The molecule has 150 valence electrons. The molecule has 1 aliphatic heterocycles. The van der Waals surface area contributed by atoms with E-state index in [2.05, 4.69) is 10.3 Å². The number of benzene rings is 2. The molecule has 7 nitrogen and oxygen atoms in total. The van der Waals surface area contributed by atoms with Gasteiger partial charge in [-0.25, -0.2) is 4.79 Å². The first-order chi connectivity index (χ1) is 14.4. The number of aromatic nitrogens is 3. The predicted octanol–water partition coefficient (Wildman–Crippen LogP) is 2.62. The van der Waals surface area contributed by atoms with Crippen molar-refractivity contribution in [3.8, 4) is 11.3 Å². The van der Waals surface area contributed by atoms with E-state index in [1.54, 1.807) is 7.05 Å². The van der Waals surface area contributed by atoms with E-state index in [-0.39, 0.29) is 5.91 Å². The number of aryl methyl sites for hydroxylation is 2. The molecule has 1 amide bonds. The minimum absolute atomic E-state index is 0.193. The highest BCUT2D eigenvalue weighted by molar-refractivity contribution is 6.08. The van der Waals surface area contributed by atoms with E-state index in [0.717, 1.165) is 26.9 Å². The fourth-order valence-corrected chi connectivity index (χ4v) is 4.28. The van der Waals surface area contributed by atoms with Crippen LogP contribution >= 0.6 is 0 Å². The zero-order valence-corrected chi connectivity index (χ0v) is 16.8. The molecule has 5 rings (SSSR count). The van der Waals surface area contributed by atoms with Crippen LogP contribution in [0.2, 0.25) is 0 Å². The number of carbonyl (C=O) groups excluding carboxylic acids is 1. The van der Waals surface area contributed by atoms with Gasteiger partial charge in [-0.05, 0) is 24.1 Å². The van der Waals surface area contributed by atoms with Crippen LogP contribution in [0.25, 0.3) is 22.3 Å². The highest BCUT2D eigenvalue weighted by atomic mass is 16.2. The van der Waals surface area contributed by atoms with Gasteiger partial charge in [0.1, 0.15) is 5.65 Å². The molecule has 2 N–H and O–H groups in total. The zero-order chi connectivity index (χ0) is 21.2. The lowest BCUT2D eigenvalue weighted by atomic mass is 9.89. The first kappa shape index (κ1) is 18.2. The number of nitrogens with zero attached hydrogens (tertiary/aromatic N) is 2. The number of carbonyl (C=O) groups is 1. The fraction of sp³-hybridized carbons (Fsp3) is 0.174. The molecular weight excluding hydrogens is 380 g/mol. The molecule has 0 bridgehead atoms. The third-order valence-electron chi connectivity index (χ3n) is 5.87. The molecule has 1 aliphatic rings. The third-order valence-corrected chi connectivity index (χ3v) is 5.87. The lowest BCUT2D eigenvalue weighted by Crippen LogP contribution is -2.37. The van der Waals surface area contributed by atoms with Gasteiger partial charge in [0.15, 0.2) is 0 Å². The highest BCUT2D eigenvalue weighted by Gasteiger charge is 2.37. The van der Waals surface area contributed by atoms with E-state index in [0.29, 0.717) is 22.3 Å². The summed E-state index contributed by atoms with van der Waals surface area (Å²) < 4.78 is 2.49. The van der Waals surface area contributed by atoms with E-state index in [1.807, 2.05) is 55.5 Å². The summed E-state index contributed by atoms with van der Waals surface area (Å²) in [4.78, 5) is 42.0. The zero-order valence-electron chi connectivity index (χ0n) is 16.8. The van der Waals surface area contributed by atoms with Crippen molar-refractivity contribution >= 4 is 22.6 Å². The molecule has 4 aromatic rings. The van der Waals surface area contributed by atoms with Crippen molar-refractivity contribution in [2.24, 2.45) is 14.1 Å². The molecule has 2 aromatic heterocycles. The summed E-state index contributed by atoms with van der Waals surface area (Å²) in [7, 11) is 3.07. The third kappa shape index (κ3) is 2.41. The monoisotopic (exact) mass is 400 g/mol. The standard InChI is InChI=1S/C23H20N4O3/c1-12-8-10-13(11-9-12)19-17(16-14-6-4-5-7-15(14)24-21(16)28)18-20(25-19)26(2)23(30)27(3)22(18)29/h4-11,16,25H,1-3H3,(H,24,28)/t16-/m1/s1. The van der Waals surface area contributed by atoms with Gasteiger partial charge in [0.25, 0.3) is 5.56 Å². The Bertz CT molecular complexity index is 1460. The van der Waals surface area contributed by atoms with Crippen LogP contribution < -0.4 is 16.6 Å². The summed E-state index contributed by atoms with van der Waals surface area (Å²) in [5.41, 5.74) is 4.31. The average molecular weight is 400 g/mol. The Morgan fingerprint density at radius 1 is 0.900 bits per heavy atom. The second-order valence-corrected chi connectivity index (χ2v) is 7.72. The summed E-state index contributed by atoms with van der Waals surface area (Å²) in [6.07, 6.45) is 0. The number of hydrogen-bond donors (Lipinski definition) is 2. The van der Waals surface area contributed by atoms with E-state index >= 15 is 0 Å². The molecule has 0 radical (unpaired) electrons. The molecular formula is C23H20N4O3. The first-order valence-corrected chi connectivity index (χ1v) is 9.67. The number of rotatable bonds is 2. The van der Waals surface area contributed by atoms with E-state index in [4.69, 9.17) is 0 Å². The van der Waals surface area contributed by atoms with Crippen LogP contribution in [-0.4, -0.2) is 20.0 Å². The molecule has 3 heterocycles. The van der Waals surface area contributed by atoms with Gasteiger partial charge in [0.2, 0.25) is 5.91 Å². The molecule has 0 saturated heterocycles. The Kier molecular flexibility index (Phi) is 3.83. The maximum atomic E-state index is 13.2. The second kappa shape index (κ2) is 6.32. The van der Waals surface area contributed by atoms with Crippen LogP contribution in [0.4, 0.5) is 5.69 Å². The highest BCUT2D eigenvalue weighted by Crippen LogP contribution is 2.43.